The molecule has 20 heavy (non-hydrogen) atoms. The van der Waals surface area contributed by atoms with Gasteiger partial charge in [0.1, 0.15) is 5.82 Å². The average Bonchev–Trinajstić information content (AvgIpc) is 3.04. The quantitative estimate of drug-likeness (QED) is 0.894. The van der Waals surface area contributed by atoms with Crippen molar-refractivity contribution in [1.82, 2.24) is 15.0 Å². The molecule has 0 saturated heterocycles. The second-order valence-electron chi connectivity index (χ2n) is 5.06. The van der Waals surface area contributed by atoms with E-state index >= 15 is 0 Å². The smallest absolute Gasteiger partial charge is 0.307 e. The van der Waals surface area contributed by atoms with Gasteiger partial charge in [-0.3, -0.25) is 4.79 Å². The van der Waals surface area contributed by atoms with Crippen molar-refractivity contribution >= 4 is 17.1 Å². The zero-order valence-corrected chi connectivity index (χ0v) is 11.3. The van der Waals surface area contributed by atoms with E-state index in [1.807, 2.05) is 13.0 Å². The van der Waals surface area contributed by atoms with Gasteiger partial charge >= 0.3 is 5.97 Å². The first kappa shape index (κ1) is 12.9. The summed E-state index contributed by atoms with van der Waals surface area (Å²) in [7, 11) is 0. The van der Waals surface area contributed by atoms with Crippen LogP contribution in [0.1, 0.15) is 37.9 Å². The number of nitrogens with zero attached hydrogens (tertiary/aromatic N) is 2. The molecule has 2 heterocycles. The summed E-state index contributed by atoms with van der Waals surface area (Å²) >= 11 is 0. The van der Waals surface area contributed by atoms with Gasteiger partial charge in [0.25, 0.3) is 0 Å². The topological polar surface area (TPSA) is 88.1 Å². The van der Waals surface area contributed by atoms with Crippen LogP contribution in [0.15, 0.2) is 12.1 Å². The largest absolute Gasteiger partial charge is 0.481 e. The molecule has 106 valence electrons. The lowest BCUT2D eigenvalue weighted by atomic mass is 9.96. The van der Waals surface area contributed by atoms with Crippen molar-refractivity contribution in [2.24, 2.45) is 5.92 Å². The molecule has 1 aliphatic rings. The fourth-order valence-corrected chi connectivity index (χ4v) is 2.88. The van der Waals surface area contributed by atoms with Crippen molar-refractivity contribution in [2.45, 2.75) is 32.1 Å². The maximum Gasteiger partial charge on any atom is 0.307 e. The minimum absolute atomic E-state index is 0.0442. The molecule has 0 aliphatic heterocycles. The number of rotatable bonds is 4. The van der Waals surface area contributed by atoms with Crippen LogP contribution in [0.2, 0.25) is 0 Å². The second-order valence-corrected chi connectivity index (χ2v) is 5.06. The number of aromatic nitrogens is 3. The number of ether oxygens (including phenoxy) is 1. The lowest BCUT2D eigenvalue weighted by molar-refractivity contribution is -0.142. The Morgan fingerprint density at radius 2 is 2.30 bits per heavy atom. The number of fused-ring (bicyclic) bond motifs is 1. The zero-order valence-electron chi connectivity index (χ0n) is 11.3. The third kappa shape index (κ3) is 2.21. The van der Waals surface area contributed by atoms with E-state index in [4.69, 9.17) is 4.74 Å². The van der Waals surface area contributed by atoms with E-state index in [0.29, 0.717) is 24.6 Å². The van der Waals surface area contributed by atoms with E-state index in [1.165, 1.54) is 0 Å². The van der Waals surface area contributed by atoms with Gasteiger partial charge in [-0.1, -0.05) is 6.42 Å². The Kier molecular flexibility index (Phi) is 3.30. The summed E-state index contributed by atoms with van der Waals surface area (Å²) in [6, 6.07) is 3.66. The molecule has 0 radical (unpaired) electrons. The number of nitrogens with one attached hydrogen (secondary N) is 1. The number of imidazole rings is 1. The lowest BCUT2D eigenvalue weighted by Crippen LogP contribution is -2.17. The number of hydrogen-bond acceptors (Lipinski definition) is 4. The molecular weight excluding hydrogens is 258 g/mol. The van der Waals surface area contributed by atoms with E-state index in [2.05, 4.69) is 15.0 Å². The van der Waals surface area contributed by atoms with Crippen LogP contribution in [0, 0.1) is 5.92 Å². The molecule has 3 rings (SSSR count). The molecule has 1 saturated carbocycles. The Bertz CT molecular complexity index is 638. The van der Waals surface area contributed by atoms with Crippen LogP contribution in [0.4, 0.5) is 0 Å². The molecule has 6 nitrogen and oxygen atoms in total. The summed E-state index contributed by atoms with van der Waals surface area (Å²) in [6.07, 6.45) is 2.50. The summed E-state index contributed by atoms with van der Waals surface area (Å²) in [5, 5.41) is 9.26. The summed E-state index contributed by atoms with van der Waals surface area (Å²) in [5.41, 5.74) is 1.40. The predicted octanol–water partition coefficient (Wildman–Crippen LogP) is 2.32. The van der Waals surface area contributed by atoms with Gasteiger partial charge in [-0.25, -0.2) is 4.98 Å². The van der Waals surface area contributed by atoms with Crippen LogP contribution in [-0.2, 0) is 4.79 Å². The second kappa shape index (κ2) is 5.11. The van der Waals surface area contributed by atoms with Gasteiger partial charge in [0.2, 0.25) is 5.88 Å². The Morgan fingerprint density at radius 3 is 3.05 bits per heavy atom. The first-order valence-corrected chi connectivity index (χ1v) is 6.91. The van der Waals surface area contributed by atoms with Crippen molar-refractivity contribution in [1.29, 1.82) is 0 Å². The molecule has 2 aromatic rings. The van der Waals surface area contributed by atoms with Gasteiger partial charge in [0, 0.05) is 12.0 Å². The summed E-state index contributed by atoms with van der Waals surface area (Å²) in [5.74, 6) is 0.139. The summed E-state index contributed by atoms with van der Waals surface area (Å²) in [6.45, 7) is 2.46. The summed E-state index contributed by atoms with van der Waals surface area (Å²) < 4.78 is 5.35. The number of aromatic amines is 1. The van der Waals surface area contributed by atoms with Gasteiger partial charge in [-0.05, 0) is 25.8 Å². The van der Waals surface area contributed by atoms with Crippen LogP contribution >= 0.6 is 0 Å². The minimum Gasteiger partial charge on any atom is -0.481 e. The highest BCUT2D eigenvalue weighted by atomic mass is 16.5. The molecule has 0 bridgehead atoms. The lowest BCUT2D eigenvalue weighted by Gasteiger charge is -2.12. The maximum atomic E-state index is 11.3. The predicted molar refractivity (Wildman–Crippen MR) is 72.8 cm³/mol. The number of hydrogen-bond donors (Lipinski definition) is 2. The molecule has 2 unspecified atom stereocenters. The highest BCUT2D eigenvalue weighted by Gasteiger charge is 2.35. The molecular formula is C14H17N3O3. The van der Waals surface area contributed by atoms with Crippen molar-refractivity contribution < 1.29 is 14.6 Å². The van der Waals surface area contributed by atoms with Gasteiger partial charge in [0.05, 0.1) is 18.0 Å². The van der Waals surface area contributed by atoms with Gasteiger partial charge in [-0.15, -0.1) is 0 Å². The van der Waals surface area contributed by atoms with E-state index < -0.39 is 5.97 Å². The molecule has 0 spiro atoms. The molecule has 0 aromatic carbocycles. The number of aliphatic carboxylic acids is 1. The van der Waals surface area contributed by atoms with E-state index in [1.54, 1.807) is 6.07 Å². The van der Waals surface area contributed by atoms with Crippen LogP contribution in [0.25, 0.3) is 11.2 Å². The molecule has 2 N–H and O–H groups in total. The van der Waals surface area contributed by atoms with Crippen molar-refractivity contribution in [3.05, 3.63) is 18.0 Å². The van der Waals surface area contributed by atoms with Crippen LogP contribution in [0.5, 0.6) is 5.88 Å². The number of carboxylic acid groups (broad SMARTS) is 1. The van der Waals surface area contributed by atoms with Crippen molar-refractivity contribution in [3.8, 4) is 5.88 Å². The average molecular weight is 275 g/mol. The Balaban J connectivity index is 1.94. The molecule has 0 amide bonds. The van der Waals surface area contributed by atoms with E-state index in [0.717, 1.165) is 24.2 Å². The number of pyridine rings is 1. The molecule has 2 atom stereocenters. The van der Waals surface area contributed by atoms with Gasteiger partial charge < -0.3 is 14.8 Å². The molecule has 2 aromatic heterocycles. The third-order valence-corrected chi connectivity index (χ3v) is 3.82. The Hall–Kier alpha value is -2.11. The first-order chi connectivity index (χ1) is 9.69. The highest BCUT2D eigenvalue weighted by molar-refractivity contribution is 5.74. The molecule has 6 heteroatoms. The molecule has 1 aliphatic carbocycles. The normalized spacial score (nSPS) is 22.2. The fourth-order valence-electron chi connectivity index (χ4n) is 2.88. The zero-order chi connectivity index (χ0) is 14.1. The number of carboxylic acids is 1. The van der Waals surface area contributed by atoms with Crippen LogP contribution in [-0.4, -0.2) is 32.6 Å². The Morgan fingerprint density at radius 1 is 1.45 bits per heavy atom. The SMILES string of the molecule is CCOc1ccc2[nH]c(C3CCCC3C(=O)O)nc2n1. The summed E-state index contributed by atoms with van der Waals surface area (Å²) in [4.78, 5) is 23.2. The van der Waals surface area contributed by atoms with Crippen molar-refractivity contribution in [2.75, 3.05) is 6.61 Å². The fraction of sp³-hybridized carbons (Fsp3) is 0.500. The third-order valence-electron chi connectivity index (χ3n) is 3.82. The maximum absolute atomic E-state index is 11.3. The standard InChI is InChI=1S/C14H17N3O3/c1-2-20-11-7-6-10-13(16-11)17-12(15-10)8-4-3-5-9(8)14(18)19/h6-9H,2-5H2,1H3,(H,18,19)(H,15,16,17). The minimum atomic E-state index is -0.740. The van der Waals surface area contributed by atoms with Crippen LogP contribution < -0.4 is 4.74 Å². The first-order valence-electron chi connectivity index (χ1n) is 6.91. The van der Waals surface area contributed by atoms with Crippen LogP contribution in [0.3, 0.4) is 0 Å². The Labute approximate surface area is 116 Å². The van der Waals surface area contributed by atoms with E-state index in [9.17, 15) is 9.90 Å². The number of carbonyl (C=O) groups is 1. The van der Waals surface area contributed by atoms with E-state index in [-0.39, 0.29) is 11.8 Å². The monoisotopic (exact) mass is 275 g/mol. The number of H-pyrrole nitrogens is 1. The molecule has 1 fully saturated rings. The van der Waals surface area contributed by atoms with Crippen molar-refractivity contribution in [3.63, 3.8) is 0 Å². The van der Waals surface area contributed by atoms with Gasteiger partial charge in [0.15, 0.2) is 5.65 Å². The highest BCUT2D eigenvalue weighted by Crippen LogP contribution is 2.39. The van der Waals surface area contributed by atoms with Gasteiger partial charge in [-0.2, -0.15) is 4.98 Å².